The Labute approximate surface area is 151 Å². The van der Waals surface area contributed by atoms with E-state index in [0.717, 1.165) is 25.2 Å². The number of amides is 1. The summed E-state index contributed by atoms with van der Waals surface area (Å²) in [5, 5.41) is 3.09. The van der Waals surface area contributed by atoms with Crippen molar-refractivity contribution < 1.29 is 13.2 Å². The number of hydrogen-bond acceptors (Lipinski definition) is 4. The molecule has 25 heavy (non-hydrogen) atoms. The Kier molecular flexibility index (Phi) is 6.46. The lowest BCUT2D eigenvalue weighted by atomic mass is 10.0. The van der Waals surface area contributed by atoms with Gasteiger partial charge in [0.25, 0.3) is 0 Å². The number of piperidine rings is 1. The minimum atomic E-state index is -3.48. The van der Waals surface area contributed by atoms with Gasteiger partial charge in [0.05, 0.1) is 11.4 Å². The third-order valence-electron chi connectivity index (χ3n) is 4.71. The van der Waals surface area contributed by atoms with Crippen molar-refractivity contribution in [3.05, 3.63) is 24.3 Å². The Morgan fingerprint density at radius 2 is 1.96 bits per heavy atom. The van der Waals surface area contributed by atoms with E-state index in [4.69, 9.17) is 0 Å². The number of carbonyl (C=O) groups is 1. The molecule has 1 aliphatic heterocycles. The number of carbonyl (C=O) groups excluding carboxylic acids is 1. The van der Waals surface area contributed by atoms with Crippen molar-refractivity contribution in [1.82, 2.24) is 9.21 Å². The molecule has 1 unspecified atom stereocenters. The molecule has 2 rings (SSSR count). The first-order chi connectivity index (χ1) is 11.7. The van der Waals surface area contributed by atoms with E-state index in [2.05, 4.69) is 12.2 Å². The van der Waals surface area contributed by atoms with Gasteiger partial charge in [-0.25, -0.2) is 8.42 Å². The second-order valence-corrected chi connectivity index (χ2v) is 9.08. The molecule has 1 aliphatic rings. The van der Waals surface area contributed by atoms with Crippen molar-refractivity contribution in [1.29, 1.82) is 0 Å². The van der Waals surface area contributed by atoms with Crippen molar-refractivity contribution >= 4 is 21.6 Å². The van der Waals surface area contributed by atoms with Gasteiger partial charge in [0.1, 0.15) is 0 Å². The Hall–Kier alpha value is -1.60. The van der Waals surface area contributed by atoms with Crippen LogP contribution in [0, 0.1) is 5.92 Å². The molecule has 1 aromatic rings. The van der Waals surface area contributed by atoms with Crippen molar-refractivity contribution in [2.24, 2.45) is 5.92 Å². The van der Waals surface area contributed by atoms with Crippen molar-refractivity contribution in [2.45, 2.75) is 44.6 Å². The monoisotopic (exact) mass is 367 g/mol. The highest BCUT2D eigenvalue weighted by Crippen LogP contribution is 2.19. The quantitative estimate of drug-likeness (QED) is 0.838. The van der Waals surface area contributed by atoms with Gasteiger partial charge in [0, 0.05) is 31.9 Å². The van der Waals surface area contributed by atoms with Crippen LogP contribution >= 0.6 is 0 Å². The van der Waals surface area contributed by atoms with E-state index >= 15 is 0 Å². The van der Waals surface area contributed by atoms with Gasteiger partial charge < -0.3 is 10.2 Å². The molecule has 1 fully saturated rings. The lowest BCUT2D eigenvalue weighted by Gasteiger charge is -2.31. The molecule has 0 spiro atoms. The molecule has 7 heteroatoms. The Morgan fingerprint density at radius 1 is 1.32 bits per heavy atom. The Balaban J connectivity index is 1.95. The highest BCUT2D eigenvalue weighted by atomic mass is 32.2. The molecule has 0 aliphatic carbocycles. The summed E-state index contributed by atoms with van der Waals surface area (Å²) in [4.78, 5) is 14.4. The summed E-state index contributed by atoms with van der Waals surface area (Å²) < 4.78 is 26.2. The molecule has 0 saturated carbocycles. The maximum Gasteiger partial charge on any atom is 0.243 e. The molecular formula is C18H29N3O3S. The molecule has 0 radical (unpaired) electrons. The second-order valence-electron chi connectivity index (χ2n) is 7.08. The van der Waals surface area contributed by atoms with Crippen LogP contribution in [0.15, 0.2) is 29.2 Å². The van der Waals surface area contributed by atoms with Crippen LogP contribution in [0.5, 0.6) is 0 Å². The Morgan fingerprint density at radius 3 is 2.52 bits per heavy atom. The second kappa shape index (κ2) is 8.19. The van der Waals surface area contributed by atoms with Gasteiger partial charge in [-0.15, -0.1) is 0 Å². The topological polar surface area (TPSA) is 69.7 Å². The van der Waals surface area contributed by atoms with E-state index in [0.29, 0.717) is 5.92 Å². The minimum absolute atomic E-state index is 0.0859. The molecule has 6 nitrogen and oxygen atoms in total. The molecule has 0 aromatic heterocycles. The van der Waals surface area contributed by atoms with E-state index in [-0.39, 0.29) is 23.4 Å². The van der Waals surface area contributed by atoms with Gasteiger partial charge in [0.2, 0.25) is 15.9 Å². The zero-order valence-electron chi connectivity index (χ0n) is 15.5. The van der Waals surface area contributed by atoms with Crippen molar-refractivity contribution in [3.63, 3.8) is 0 Å². The fourth-order valence-electron chi connectivity index (χ4n) is 2.89. The van der Waals surface area contributed by atoms with Gasteiger partial charge in [-0.05, 0) is 56.9 Å². The molecule has 1 heterocycles. The summed E-state index contributed by atoms with van der Waals surface area (Å²) >= 11 is 0. The first-order valence-corrected chi connectivity index (χ1v) is 10.3. The number of rotatable bonds is 6. The third kappa shape index (κ3) is 4.95. The predicted octanol–water partition coefficient (Wildman–Crippen LogP) is 2.39. The standard InChI is InChI=1S/C18H29N3O3S/c1-14(2)20(4)25(23,24)17-9-7-16(8-10-17)19-12-18(22)21-11-5-6-15(3)13-21/h7-10,14-15,19H,5-6,11-13H2,1-4H3. The molecule has 1 N–H and O–H groups in total. The van der Waals surface area contributed by atoms with Gasteiger partial charge in [-0.1, -0.05) is 6.92 Å². The van der Waals surface area contributed by atoms with Crippen LogP contribution < -0.4 is 5.32 Å². The molecule has 0 bridgehead atoms. The molecule has 1 saturated heterocycles. The van der Waals surface area contributed by atoms with Crippen LogP contribution in [0.3, 0.4) is 0 Å². The fourth-order valence-corrected chi connectivity index (χ4v) is 4.26. The number of benzene rings is 1. The normalized spacial score (nSPS) is 18.6. The maximum atomic E-state index is 12.4. The third-order valence-corrected chi connectivity index (χ3v) is 6.76. The lowest BCUT2D eigenvalue weighted by Crippen LogP contribution is -2.41. The van der Waals surface area contributed by atoms with Gasteiger partial charge >= 0.3 is 0 Å². The smallest absolute Gasteiger partial charge is 0.243 e. The van der Waals surface area contributed by atoms with Crippen LogP contribution in [-0.2, 0) is 14.8 Å². The SMILES string of the molecule is CC1CCCN(C(=O)CNc2ccc(S(=O)(=O)N(C)C(C)C)cc2)C1. The van der Waals surface area contributed by atoms with Crippen molar-refractivity contribution in [3.8, 4) is 0 Å². The van der Waals surface area contributed by atoms with Crippen LogP contribution in [0.4, 0.5) is 5.69 Å². The van der Waals surface area contributed by atoms with Gasteiger partial charge in [-0.3, -0.25) is 4.79 Å². The first kappa shape index (κ1) is 19.7. The van der Waals surface area contributed by atoms with Crippen LogP contribution in [-0.4, -0.2) is 56.3 Å². The molecule has 140 valence electrons. The predicted molar refractivity (Wildman–Crippen MR) is 100.0 cm³/mol. The number of anilines is 1. The number of nitrogens with zero attached hydrogens (tertiary/aromatic N) is 2. The molecule has 1 amide bonds. The molecular weight excluding hydrogens is 338 g/mol. The summed E-state index contributed by atoms with van der Waals surface area (Å²) in [6, 6.07) is 6.45. The largest absolute Gasteiger partial charge is 0.376 e. The van der Waals surface area contributed by atoms with Crippen molar-refractivity contribution in [2.75, 3.05) is 32.0 Å². The van der Waals surface area contributed by atoms with E-state index in [1.807, 2.05) is 18.7 Å². The molecule has 1 aromatic carbocycles. The number of likely N-dealkylation sites (tertiary alicyclic amines) is 1. The number of hydrogen-bond donors (Lipinski definition) is 1. The van der Waals surface area contributed by atoms with Crippen LogP contribution in [0.2, 0.25) is 0 Å². The molecule has 1 atom stereocenters. The van der Waals surface area contributed by atoms with E-state index < -0.39 is 10.0 Å². The lowest BCUT2D eigenvalue weighted by molar-refractivity contribution is -0.130. The van der Waals surface area contributed by atoms with E-state index in [9.17, 15) is 13.2 Å². The highest BCUT2D eigenvalue weighted by molar-refractivity contribution is 7.89. The maximum absolute atomic E-state index is 12.4. The van der Waals surface area contributed by atoms with Gasteiger partial charge in [-0.2, -0.15) is 4.31 Å². The summed E-state index contributed by atoms with van der Waals surface area (Å²) in [5.74, 6) is 0.642. The Bertz CT molecular complexity index is 686. The summed E-state index contributed by atoms with van der Waals surface area (Å²) in [7, 11) is -1.91. The average Bonchev–Trinajstić information content (AvgIpc) is 2.59. The van der Waals surface area contributed by atoms with E-state index in [1.165, 1.54) is 10.7 Å². The van der Waals surface area contributed by atoms with E-state index in [1.54, 1.807) is 31.3 Å². The van der Waals surface area contributed by atoms with Gasteiger partial charge in [0.15, 0.2) is 0 Å². The first-order valence-electron chi connectivity index (χ1n) is 8.81. The van der Waals surface area contributed by atoms with Crippen LogP contribution in [0.1, 0.15) is 33.6 Å². The number of sulfonamides is 1. The zero-order chi connectivity index (χ0) is 18.6. The fraction of sp³-hybridized carbons (Fsp3) is 0.611. The van der Waals surface area contributed by atoms with Crippen LogP contribution in [0.25, 0.3) is 0 Å². The summed E-state index contributed by atoms with van der Waals surface area (Å²) in [6.45, 7) is 7.70. The average molecular weight is 368 g/mol. The summed E-state index contributed by atoms with van der Waals surface area (Å²) in [5.41, 5.74) is 0.740. The zero-order valence-corrected chi connectivity index (χ0v) is 16.3. The summed E-state index contributed by atoms with van der Waals surface area (Å²) in [6.07, 6.45) is 2.24. The minimum Gasteiger partial charge on any atom is -0.376 e. The highest BCUT2D eigenvalue weighted by Gasteiger charge is 2.23. The number of nitrogens with one attached hydrogen (secondary N) is 1.